The van der Waals surface area contributed by atoms with Crippen LogP contribution >= 0.6 is 35.4 Å². The summed E-state index contributed by atoms with van der Waals surface area (Å²) >= 11 is 17.2. The summed E-state index contributed by atoms with van der Waals surface area (Å²) in [5.41, 5.74) is 1.88. The summed E-state index contributed by atoms with van der Waals surface area (Å²) in [6.07, 6.45) is 0. The summed E-state index contributed by atoms with van der Waals surface area (Å²) in [6, 6.07) is 7.18. The van der Waals surface area contributed by atoms with Gasteiger partial charge in [-0.1, -0.05) is 49.3 Å². The molecular weight excluding hydrogens is 287 g/mol. The summed E-state index contributed by atoms with van der Waals surface area (Å²) in [7, 11) is 0. The highest BCUT2D eigenvalue weighted by atomic mass is 35.5. The van der Waals surface area contributed by atoms with Gasteiger partial charge in [0, 0.05) is 21.3 Å². The number of aromatic amines is 1. The lowest BCUT2D eigenvalue weighted by Crippen LogP contribution is -1.98. The van der Waals surface area contributed by atoms with Crippen molar-refractivity contribution < 1.29 is 0 Å². The largest absolute Gasteiger partial charge is 0.343 e. The van der Waals surface area contributed by atoms with Crippen LogP contribution in [0, 0.1) is 4.64 Å². The van der Waals surface area contributed by atoms with Crippen molar-refractivity contribution in [2.24, 2.45) is 0 Å². The Hall–Kier alpha value is -0.900. The van der Waals surface area contributed by atoms with Crippen molar-refractivity contribution in [3.8, 4) is 11.4 Å². The van der Waals surface area contributed by atoms with Gasteiger partial charge in [-0.3, -0.25) is 0 Å². The third-order valence-corrected chi connectivity index (χ3v) is 3.17. The highest BCUT2D eigenvalue weighted by molar-refractivity contribution is 7.71. The van der Waals surface area contributed by atoms with E-state index < -0.39 is 0 Å². The monoisotopic (exact) mass is 298 g/mol. The number of halogens is 2. The fourth-order valence-corrected chi connectivity index (χ4v) is 2.36. The fourth-order valence-electron chi connectivity index (χ4n) is 1.61. The lowest BCUT2D eigenvalue weighted by atomic mass is 10.1. The van der Waals surface area contributed by atoms with Crippen LogP contribution in [-0.2, 0) is 0 Å². The first-order valence-electron chi connectivity index (χ1n) is 5.53. The quantitative estimate of drug-likeness (QED) is 0.768. The van der Waals surface area contributed by atoms with Gasteiger partial charge in [0.25, 0.3) is 0 Å². The number of H-pyrrole nitrogens is 1. The first-order chi connectivity index (χ1) is 8.45. The molecule has 1 aromatic heterocycles. The molecule has 0 amide bonds. The predicted octanol–water partition coefficient (Wildman–Crippen LogP) is 5.24. The zero-order chi connectivity index (χ0) is 13.3. The number of aromatic nitrogens is 2. The van der Waals surface area contributed by atoms with E-state index in [0.29, 0.717) is 26.4 Å². The van der Waals surface area contributed by atoms with E-state index >= 15 is 0 Å². The second-order valence-corrected chi connectivity index (χ2v) is 5.63. The highest BCUT2D eigenvalue weighted by Crippen LogP contribution is 2.26. The second kappa shape index (κ2) is 5.39. The summed E-state index contributed by atoms with van der Waals surface area (Å²) < 4.78 is 0.559. The van der Waals surface area contributed by atoms with Crippen LogP contribution < -0.4 is 0 Å². The molecule has 1 heterocycles. The summed E-state index contributed by atoms with van der Waals surface area (Å²) in [4.78, 5) is 7.57. The molecule has 0 radical (unpaired) electrons. The molecule has 2 rings (SSSR count). The van der Waals surface area contributed by atoms with E-state index in [1.54, 1.807) is 6.07 Å². The van der Waals surface area contributed by atoms with Gasteiger partial charge in [-0.15, -0.1) is 0 Å². The Morgan fingerprint density at radius 3 is 2.28 bits per heavy atom. The Kier molecular flexibility index (Phi) is 4.05. The van der Waals surface area contributed by atoms with E-state index in [-0.39, 0.29) is 0 Å². The van der Waals surface area contributed by atoms with Crippen LogP contribution in [0.1, 0.15) is 25.5 Å². The molecule has 2 aromatic rings. The molecule has 0 atom stereocenters. The molecule has 0 aliphatic carbocycles. The van der Waals surface area contributed by atoms with E-state index in [4.69, 9.17) is 35.4 Å². The first kappa shape index (κ1) is 13.5. The Morgan fingerprint density at radius 1 is 1.11 bits per heavy atom. The molecule has 0 saturated heterocycles. The molecule has 0 fully saturated rings. The molecule has 0 spiro atoms. The zero-order valence-electron chi connectivity index (χ0n) is 10.00. The van der Waals surface area contributed by atoms with Crippen LogP contribution in [0.4, 0.5) is 0 Å². The average Bonchev–Trinajstić information content (AvgIpc) is 2.26. The molecule has 1 N–H and O–H groups in total. The molecule has 2 nitrogen and oxygen atoms in total. The number of benzene rings is 1. The lowest BCUT2D eigenvalue weighted by molar-refractivity contribution is 0.815. The third kappa shape index (κ3) is 3.10. The lowest BCUT2D eigenvalue weighted by Gasteiger charge is -2.09. The first-order valence-corrected chi connectivity index (χ1v) is 6.70. The van der Waals surface area contributed by atoms with E-state index in [9.17, 15) is 0 Å². The van der Waals surface area contributed by atoms with Gasteiger partial charge >= 0.3 is 0 Å². The average molecular weight is 299 g/mol. The zero-order valence-corrected chi connectivity index (χ0v) is 12.3. The Morgan fingerprint density at radius 2 is 1.72 bits per heavy atom. The van der Waals surface area contributed by atoms with Crippen molar-refractivity contribution in [1.29, 1.82) is 0 Å². The van der Waals surface area contributed by atoms with Gasteiger partial charge in [0.15, 0.2) is 0 Å². The SMILES string of the molecule is CC(C)c1cc(=S)nc(-c2cc(Cl)cc(Cl)c2)[nH]1. The number of rotatable bonds is 2. The molecule has 0 bridgehead atoms. The molecule has 18 heavy (non-hydrogen) atoms. The van der Waals surface area contributed by atoms with Gasteiger partial charge in [0.05, 0.1) is 0 Å². The normalized spacial score (nSPS) is 10.9. The van der Waals surface area contributed by atoms with E-state index in [0.717, 1.165) is 11.3 Å². The number of hydrogen-bond acceptors (Lipinski definition) is 2. The standard InChI is InChI=1S/C13H12Cl2N2S/c1-7(2)11-6-12(18)17-13(16-11)8-3-9(14)5-10(15)4-8/h3-7H,1-2H3,(H,16,17,18). The van der Waals surface area contributed by atoms with Crippen molar-refractivity contribution in [3.05, 3.63) is 44.6 Å². The molecule has 0 aliphatic rings. The summed E-state index contributed by atoms with van der Waals surface area (Å²) in [5, 5.41) is 1.15. The highest BCUT2D eigenvalue weighted by Gasteiger charge is 2.07. The molecule has 5 heteroatoms. The fraction of sp³-hybridized carbons (Fsp3) is 0.231. The van der Waals surface area contributed by atoms with Crippen molar-refractivity contribution in [2.75, 3.05) is 0 Å². The van der Waals surface area contributed by atoms with Crippen LogP contribution in [0.25, 0.3) is 11.4 Å². The Balaban J connectivity index is 2.60. The maximum atomic E-state index is 5.99. The maximum absolute atomic E-state index is 5.99. The van der Waals surface area contributed by atoms with Gasteiger partial charge in [0.2, 0.25) is 0 Å². The predicted molar refractivity (Wildman–Crippen MR) is 79.0 cm³/mol. The minimum Gasteiger partial charge on any atom is -0.343 e. The van der Waals surface area contributed by atoms with E-state index in [2.05, 4.69) is 23.8 Å². The van der Waals surface area contributed by atoms with Crippen molar-refractivity contribution in [2.45, 2.75) is 19.8 Å². The molecular formula is C13H12Cl2N2S. The van der Waals surface area contributed by atoms with Crippen LogP contribution in [0.15, 0.2) is 24.3 Å². The Labute approximate surface area is 121 Å². The smallest absolute Gasteiger partial charge is 0.139 e. The van der Waals surface area contributed by atoms with Crippen LogP contribution in [0.2, 0.25) is 10.0 Å². The summed E-state index contributed by atoms with van der Waals surface area (Å²) in [6.45, 7) is 4.19. The molecule has 0 aliphatic heterocycles. The number of nitrogens with one attached hydrogen (secondary N) is 1. The maximum Gasteiger partial charge on any atom is 0.139 e. The topological polar surface area (TPSA) is 28.7 Å². The van der Waals surface area contributed by atoms with E-state index in [1.165, 1.54) is 0 Å². The minimum absolute atomic E-state index is 0.350. The summed E-state index contributed by atoms with van der Waals surface area (Å²) in [5.74, 6) is 1.04. The third-order valence-electron chi connectivity index (χ3n) is 2.52. The van der Waals surface area contributed by atoms with E-state index in [1.807, 2.05) is 18.2 Å². The van der Waals surface area contributed by atoms with Crippen LogP contribution in [0.5, 0.6) is 0 Å². The van der Waals surface area contributed by atoms with Crippen molar-refractivity contribution in [1.82, 2.24) is 9.97 Å². The van der Waals surface area contributed by atoms with Crippen LogP contribution in [-0.4, -0.2) is 9.97 Å². The molecule has 0 saturated carbocycles. The second-order valence-electron chi connectivity index (χ2n) is 4.34. The van der Waals surface area contributed by atoms with Crippen molar-refractivity contribution in [3.63, 3.8) is 0 Å². The van der Waals surface area contributed by atoms with Gasteiger partial charge in [-0.25, -0.2) is 4.98 Å². The van der Waals surface area contributed by atoms with Gasteiger partial charge < -0.3 is 4.98 Å². The molecule has 1 aromatic carbocycles. The molecule has 0 unspecified atom stereocenters. The Bertz CT molecular complexity index is 615. The van der Waals surface area contributed by atoms with Gasteiger partial charge in [0.1, 0.15) is 10.5 Å². The van der Waals surface area contributed by atoms with Crippen LogP contribution in [0.3, 0.4) is 0 Å². The van der Waals surface area contributed by atoms with Gasteiger partial charge in [-0.2, -0.15) is 0 Å². The number of hydrogen-bond donors (Lipinski definition) is 1. The van der Waals surface area contributed by atoms with Crippen molar-refractivity contribution >= 4 is 35.4 Å². The molecule has 94 valence electrons. The van der Waals surface area contributed by atoms with Gasteiger partial charge in [-0.05, 0) is 30.2 Å². The number of nitrogens with zero attached hydrogens (tertiary/aromatic N) is 1. The minimum atomic E-state index is 0.350.